The fourth-order valence-corrected chi connectivity index (χ4v) is 3.91. The lowest BCUT2D eigenvalue weighted by Crippen LogP contribution is -2.40. The van der Waals surface area contributed by atoms with Gasteiger partial charge in [0.15, 0.2) is 0 Å². The van der Waals surface area contributed by atoms with Crippen molar-refractivity contribution < 1.29 is 4.74 Å². The molecule has 0 amide bonds. The molecule has 2 rings (SSSR count). The maximum Gasteiger partial charge on any atom is 0.0541 e. The van der Waals surface area contributed by atoms with Crippen molar-refractivity contribution in [3.05, 3.63) is 29.3 Å². The van der Waals surface area contributed by atoms with E-state index in [0.717, 1.165) is 36.5 Å². The highest BCUT2D eigenvalue weighted by molar-refractivity contribution is 7.99. The van der Waals surface area contributed by atoms with Gasteiger partial charge in [0.2, 0.25) is 0 Å². The van der Waals surface area contributed by atoms with Crippen molar-refractivity contribution in [2.75, 3.05) is 25.5 Å². The smallest absolute Gasteiger partial charge is 0.0541 e. The summed E-state index contributed by atoms with van der Waals surface area (Å²) in [7, 11) is 0. The zero-order chi connectivity index (χ0) is 13.5. The third kappa shape index (κ3) is 4.67. The first kappa shape index (κ1) is 15.2. The molecule has 0 bridgehead atoms. The molecular weight excluding hydrogens is 278 g/mol. The lowest BCUT2D eigenvalue weighted by atomic mass is 9.93. The Balaban J connectivity index is 1.91. The Morgan fingerprint density at radius 2 is 2.11 bits per heavy atom. The van der Waals surface area contributed by atoms with Crippen LogP contribution in [-0.4, -0.2) is 31.6 Å². The lowest BCUT2D eigenvalue weighted by Gasteiger charge is -2.30. The third-order valence-electron chi connectivity index (χ3n) is 3.56. The molecule has 1 N–H and O–H groups in total. The van der Waals surface area contributed by atoms with Gasteiger partial charge in [-0.25, -0.2) is 0 Å². The van der Waals surface area contributed by atoms with E-state index >= 15 is 0 Å². The van der Waals surface area contributed by atoms with Crippen molar-refractivity contribution in [2.45, 2.75) is 30.7 Å². The van der Waals surface area contributed by atoms with Crippen LogP contribution in [0.2, 0.25) is 5.02 Å². The first-order valence-corrected chi connectivity index (χ1v) is 8.36. The van der Waals surface area contributed by atoms with Crippen molar-refractivity contribution in [3.8, 4) is 0 Å². The number of hydrogen-bond donors (Lipinski definition) is 1. The van der Waals surface area contributed by atoms with Crippen LogP contribution < -0.4 is 5.32 Å². The summed E-state index contributed by atoms with van der Waals surface area (Å²) in [6, 6.07) is 8.63. The van der Waals surface area contributed by atoms with E-state index in [4.69, 9.17) is 16.3 Å². The second kappa shape index (κ2) is 8.15. The largest absolute Gasteiger partial charge is 0.381 e. The number of rotatable bonds is 6. The average molecular weight is 300 g/mol. The van der Waals surface area contributed by atoms with E-state index in [-0.39, 0.29) is 0 Å². The van der Waals surface area contributed by atoms with E-state index < -0.39 is 0 Å². The van der Waals surface area contributed by atoms with Crippen LogP contribution in [0.4, 0.5) is 0 Å². The second-order valence-electron chi connectivity index (χ2n) is 4.86. The summed E-state index contributed by atoms with van der Waals surface area (Å²) in [6.45, 7) is 5.00. The Kier molecular flexibility index (Phi) is 6.51. The molecule has 1 aliphatic rings. The van der Waals surface area contributed by atoms with E-state index in [1.54, 1.807) is 0 Å². The molecule has 1 atom stereocenters. The Morgan fingerprint density at radius 3 is 2.79 bits per heavy atom. The van der Waals surface area contributed by atoms with Gasteiger partial charge >= 0.3 is 0 Å². The summed E-state index contributed by atoms with van der Waals surface area (Å²) in [5, 5.41) is 4.48. The number of hydrogen-bond acceptors (Lipinski definition) is 3. The van der Waals surface area contributed by atoms with Crippen molar-refractivity contribution >= 4 is 23.4 Å². The fraction of sp³-hybridized carbons (Fsp3) is 0.600. The van der Waals surface area contributed by atoms with Gasteiger partial charge in [-0.05, 0) is 37.4 Å². The molecule has 0 aromatic heterocycles. The van der Waals surface area contributed by atoms with E-state index in [9.17, 15) is 0 Å². The minimum Gasteiger partial charge on any atom is -0.381 e. The molecule has 1 fully saturated rings. The molecule has 1 aromatic carbocycles. The topological polar surface area (TPSA) is 21.3 Å². The predicted octanol–water partition coefficient (Wildman–Crippen LogP) is 3.84. The molecule has 1 saturated heterocycles. The Hall–Kier alpha value is -0.220. The molecule has 106 valence electrons. The van der Waals surface area contributed by atoms with Gasteiger partial charge in [0.25, 0.3) is 0 Å². The van der Waals surface area contributed by atoms with Crippen LogP contribution in [0.1, 0.15) is 19.8 Å². The Bertz CT molecular complexity index is 382. The van der Waals surface area contributed by atoms with Crippen LogP contribution in [0, 0.1) is 5.92 Å². The molecule has 0 spiro atoms. The van der Waals surface area contributed by atoms with Crippen LogP contribution in [0.15, 0.2) is 29.2 Å². The summed E-state index contributed by atoms with van der Waals surface area (Å²) in [5.41, 5.74) is 0. The number of ether oxygens (including phenoxy) is 1. The number of halogens is 1. The monoisotopic (exact) mass is 299 g/mol. The van der Waals surface area contributed by atoms with Crippen LogP contribution in [0.5, 0.6) is 0 Å². The maximum atomic E-state index is 6.21. The van der Waals surface area contributed by atoms with Gasteiger partial charge in [-0.3, -0.25) is 0 Å². The zero-order valence-corrected chi connectivity index (χ0v) is 13.0. The van der Waals surface area contributed by atoms with E-state index in [1.807, 2.05) is 30.0 Å². The summed E-state index contributed by atoms with van der Waals surface area (Å²) < 4.78 is 5.45. The molecule has 19 heavy (non-hydrogen) atoms. The number of nitrogens with one attached hydrogen (secondary N) is 1. The molecule has 0 saturated carbocycles. The number of benzene rings is 1. The van der Waals surface area contributed by atoms with Gasteiger partial charge in [0, 0.05) is 29.9 Å². The predicted molar refractivity (Wildman–Crippen MR) is 83.2 cm³/mol. The van der Waals surface area contributed by atoms with Crippen LogP contribution in [0.25, 0.3) is 0 Å². The summed E-state index contributed by atoms with van der Waals surface area (Å²) in [5.74, 6) is 1.80. The molecule has 1 unspecified atom stereocenters. The van der Waals surface area contributed by atoms with E-state index in [0.29, 0.717) is 6.04 Å². The lowest BCUT2D eigenvalue weighted by molar-refractivity contribution is 0.0568. The molecule has 0 aliphatic carbocycles. The quantitative estimate of drug-likeness (QED) is 0.807. The van der Waals surface area contributed by atoms with Crippen molar-refractivity contribution in [1.82, 2.24) is 5.32 Å². The van der Waals surface area contributed by atoms with E-state index in [1.165, 1.54) is 17.7 Å². The highest BCUT2D eigenvalue weighted by atomic mass is 35.5. The fourth-order valence-electron chi connectivity index (χ4n) is 2.48. The van der Waals surface area contributed by atoms with Gasteiger partial charge in [-0.2, -0.15) is 0 Å². The van der Waals surface area contributed by atoms with Gasteiger partial charge in [0.1, 0.15) is 0 Å². The normalized spacial score (nSPS) is 18.4. The minimum atomic E-state index is 0.551. The van der Waals surface area contributed by atoms with Gasteiger partial charge in [-0.1, -0.05) is 30.7 Å². The first-order valence-electron chi connectivity index (χ1n) is 6.99. The van der Waals surface area contributed by atoms with Crippen LogP contribution in [0.3, 0.4) is 0 Å². The summed E-state index contributed by atoms with van der Waals surface area (Å²) in [4.78, 5) is 1.18. The highest BCUT2D eigenvalue weighted by Crippen LogP contribution is 2.29. The zero-order valence-electron chi connectivity index (χ0n) is 11.4. The number of thioether (sulfide) groups is 1. The molecular formula is C15H22ClNOS. The first-order chi connectivity index (χ1) is 9.31. The molecule has 1 aromatic rings. The average Bonchev–Trinajstić information content (AvgIpc) is 2.46. The van der Waals surface area contributed by atoms with Crippen molar-refractivity contribution in [3.63, 3.8) is 0 Å². The Labute approximate surface area is 125 Å². The van der Waals surface area contributed by atoms with Gasteiger partial charge < -0.3 is 10.1 Å². The highest BCUT2D eigenvalue weighted by Gasteiger charge is 2.23. The van der Waals surface area contributed by atoms with Gasteiger partial charge in [0.05, 0.1) is 5.02 Å². The van der Waals surface area contributed by atoms with E-state index in [2.05, 4.69) is 18.3 Å². The van der Waals surface area contributed by atoms with Crippen LogP contribution >= 0.6 is 23.4 Å². The third-order valence-corrected chi connectivity index (χ3v) is 5.19. The van der Waals surface area contributed by atoms with Crippen LogP contribution in [-0.2, 0) is 4.74 Å². The SMILES string of the molecule is CCNC(CSc1ccccc1Cl)C1CCOCC1. The summed E-state index contributed by atoms with van der Waals surface area (Å²) >= 11 is 8.06. The van der Waals surface area contributed by atoms with Crippen molar-refractivity contribution in [1.29, 1.82) is 0 Å². The second-order valence-corrected chi connectivity index (χ2v) is 6.32. The molecule has 0 radical (unpaired) electrons. The molecule has 4 heteroatoms. The summed E-state index contributed by atoms with van der Waals surface area (Å²) in [6.07, 6.45) is 2.33. The standard InChI is InChI=1S/C15H22ClNOS/c1-2-17-14(12-7-9-18-10-8-12)11-19-15-6-4-3-5-13(15)16/h3-6,12,14,17H,2,7-11H2,1H3. The molecule has 1 aliphatic heterocycles. The maximum absolute atomic E-state index is 6.21. The van der Waals surface area contributed by atoms with Gasteiger partial charge in [-0.15, -0.1) is 11.8 Å². The van der Waals surface area contributed by atoms with Crippen molar-refractivity contribution in [2.24, 2.45) is 5.92 Å². The Morgan fingerprint density at radius 1 is 1.37 bits per heavy atom. The minimum absolute atomic E-state index is 0.551. The molecule has 2 nitrogen and oxygen atoms in total. The molecule has 1 heterocycles.